The summed E-state index contributed by atoms with van der Waals surface area (Å²) in [6.07, 6.45) is 2.07. The van der Waals surface area contributed by atoms with Crippen molar-refractivity contribution in [3.8, 4) is 5.75 Å². The number of guanidine groups is 1. The molecule has 0 spiro atoms. The van der Waals surface area contributed by atoms with Crippen LogP contribution in [0.25, 0.3) is 0 Å². The van der Waals surface area contributed by atoms with Crippen LogP contribution in [0.15, 0.2) is 23.2 Å². The summed E-state index contributed by atoms with van der Waals surface area (Å²) in [4.78, 5) is 4.25. The number of aryl methyl sites for hydroxylation is 1. The summed E-state index contributed by atoms with van der Waals surface area (Å²) in [6, 6.07) is 6.21. The van der Waals surface area contributed by atoms with Gasteiger partial charge in [-0.15, -0.1) is 24.0 Å². The van der Waals surface area contributed by atoms with E-state index in [1.807, 2.05) is 6.07 Å². The van der Waals surface area contributed by atoms with Crippen molar-refractivity contribution in [3.05, 3.63) is 29.3 Å². The number of nitrogens with one attached hydrogen (secondary N) is 2. The third kappa shape index (κ3) is 8.09. The molecule has 0 bridgehead atoms. The van der Waals surface area contributed by atoms with Gasteiger partial charge in [-0.05, 0) is 31.4 Å². The van der Waals surface area contributed by atoms with Crippen molar-refractivity contribution < 1.29 is 14.2 Å². The van der Waals surface area contributed by atoms with Gasteiger partial charge in [0.05, 0.1) is 20.3 Å². The minimum absolute atomic E-state index is 0. The molecule has 1 atom stereocenters. The van der Waals surface area contributed by atoms with Crippen LogP contribution in [0.4, 0.5) is 0 Å². The second-order valence-electron chi connectivity index (χ2n) is 6.33. The Morgan fingerprint density at radius 1 is 1.35 bits per heavy atom. The Kier molecular flexibility index (Phi) is 11.6. The monoisotopic (exact) mass is 477 g/mol. The van der Waals surface area contributed by atoms with E-state index in [9.17, 15) is 0 Å². The first-order valence-electron chi connectivity index (χ1n) is 8.96. The second-order valence-corrected chi connectivity index (χ2v) is 6.33. The largest absolute Gasteiger partial charge is 0.496 e. The Morgan fingerprint density at radius 2 is 2.19 bits per heavy atom. The van der Waals surface area contributed by atoms with E-state index in [-0.39, 0.29) is 24.0 Å². The Morgan fingerprint density at radius 3 is 2.88 bits per heavy atom. The summed E-state index contributed by atoms with van der Waals surface area (Å²) in [7, 11) is 3.47. The second kappa shape index (κ2) is 13.2. The molecule has 26 heavy (non-hydrogen) atoms. The first-order valence-corrected chi connectivity index (χ1v) is 8.96. The molecule has 2 N–H and O–H groups in total. The highest BCUT2D eigenvalue weighted by Gasteiger charge is 2.15. The van der Waals surface area contributed by atoms with Gasteiger partial charge in [0.1, 0.15) is 5.75 Å². The molecule has 1 fully saturated rings. The predicted octanol–water partition coefficient (Wildman–Crippen LogP) is 2.73. The molecule has 0 aromatic heterocycles. The molecule has 2 rings (SSSR count). The lowest BCUT2D eigenvalue weighted by molar-refractivity contribution is 0.0888. The van der Waals surface area contributed by atoms with Gasteiger partial charge in [0.15, 0.2) is 5.96 Å². The molecule has 0 amide bonds. The number of aliphatic imine (C=N–C) groups is 1. The average Bonchev–Trinajstić information content (AvgIpc) is 3.14. The van der Waals surface area contributed by atoms with Crippen LogP contribution in [0.1, 0.15) is 24.0 Å². The molecule has 1 aliphatic heterocycles. The number of hydrogen-bond donors (Lipinski definition) is 2. The number of hydrogen-bond acceptors (Lipinski definition) is 4. The number of benzene rings is 1. The highest BCUT2D eigenvalue weighted by atomic mass is 127. The number of ether oxygens (including phenoxy) is 3. The number of rotatable bonds is 9. The Hall–Kier alpha value is -1.06. The number of halogens is 1. The topological polar surface area (TPSA) is 64.1 Å². The summed E-state index contributed by atoms with van der Waals surface area (Å²) < 4.78 is 16.5. The zero-order chi connectivity index (χ0) is 17.9. The minimum Gasteiger partial charge on any atom is -0.496 e. The van der Waals surface area contributed by atoms with Crippen LogP contribution in [0.3, 0.4) is 0 Å². The van der Waals surface area contributed by atoms with Crippen LogP contribution in [-0.4, -0.2) is 53.1 Å². The molecule has 1 aliphatic rings. The molecule has 1 aromatic carbocycles. The number of methoxy groups -OCH3 is 1. The normalized spacial score (nSPS) is 16.9. The molecule has 1 unspecified atom stereocenters. The molecule has 0 radical (unpaired) electrons. The van der Waals surface area contributed by atoms with Gasteiger partial charge >= 0.3 is 0 Å². The summed E-state index contributed by atoms with van der Waals surface area (Å²) in [5, 5.41) is 6.63. The fourth-order valence-corrected chi connectivity index (χ4v) is 2.74. The van der Waals surface area contributed by atoms with E-state index in [2.05, 4.69) is 34.7 Å². The van der Waals surface area contributed by atoms with Gasteiger partial charge in [-0.2, -0.15) is 0 Å². The van der Waals surface area contributed by atoms with Crippen molar-refractivity contribution in [3.63, 3.8) is 0 Å². The van der Waals surface area contributed by atoms with Crippen LogP contribution in [-0.2, 0) is 16.0 Å². The van der Waals surface area contributed by atoms with E-state index in [0.717, 1.165) is 63.1 Å². The minimum atomic E-state index is 0. The van der Waals surface area contributed by atoms with Crippen molar-refractivity contribution in [1.82, 2.24) is 10.6 Å². The third-order valence-electron chi connectivity index (χ3n) is 4.25. The standard InChI is InChI=1S/C19H31N3O3.HI/c1-15-5-6-17(18(11-15)23-3)12-22-19(20-2)21-8-4-9-24-13-16-7-10-25-14-16;/h5-6,11,16H,4,7-10,12-14H2,1-3H3,(H2,20,21,22);1H. The van der Waals surface area contributed by atoms with Gasteiger partial charge in [0.25, 0.3) is 0 Å². The number of nitrogens with zero attached hydrogens (tertiary/aromatic N) is 1. The van der Waals surface area contributed by atoms with Crippen LogP contribution in [0.5, 0.6) is 5.75 Å². The summed E-state index contributed by atoms with van der Waals surface area (Å²) in [5.74, 6) is 2.26. The highest BCUT2D eigenvalue weighted by Crippen LogP contribution is 2.19. The van der Waals surface area contributed by atoms with Crippen molar-refractivity contribution in [2.45, 2.75) is 26.3 Å². The average molecular weight is 477 g/mol. The quantitative estimate of drug-likeness (QED) is 0.248. The maximum absolute atomic E-state index is 5.71. The molecule has 7 heteroatoms. The molecule has 6 nitrogen and oxygen atoms in total. The van der Waals surface area contributed by atoms with Crippen LogP contribution in [0, 0.1) is 12.8 Å². The fourth-order valence-electron chi connectivity index (χ4n) is 2.74. The van der Waals surface area contributed by atoms with Crippen molar-refractivity contribution in [2.24, 2.45) is 10.9 Å². The lowest BCUT2D eigenvalue weighted by Crippen LogP contribution is -2.37. The molecular formula is C19H32IN3O3. The van der Waals surface area contributed by atoms with E-state index >= 15 is 0 Å². The molecule has 1 aromatic rings. The van der Waals surface area contributed by atoms with Crippen LogP contribution in [0.2, 0.25) is 0 Å². The van der Waals surface area contributed by atoms with E-state index in [1.165, 1.54) is 5.56 Å². The van der Waals surface area contributed by atoms with Crippen LogP contribution >= 0.6 is 24.0 Å². The van der Waals surface area contributed by atoms with Crippen molar-refractivity contribution >= 4 is 29.9 Å². The molecule has 0 aliphatic carbocycles. The lowest BCUT2D eigenvalue weighted by Gasteiger charge is -2.14. The Balaban J connectivity index is 0.00000338. The van der Waals surface area contributed by atoms with Gasteiger partial charge in [0.2, 0.25) is 0 Å². The SMILES string of the molecule is CN=C(NCCCOCC1CCOC1)NCc1ccc(C)cc1OC.I. The van der Waals surface area contributed by atoms with Crippen LogP contribution < -0.4 is 15.4 Å². The summed E-state index contributed by atoms with van der Waals surface area (Å²) >= 11 is 0. The van der Waals surface area contributed by atoms with E-state index in [4.69, 9.17) is 14.2 Å². The zero-order valence-electron chi connectivity index (χ0n) is 16.0. The van der Waals surface area contributed by atoms with Crippen molar-refractivity contribution in [1.29, 1.82) is 0 Å². The molecule has 1 heterocycles. The lowest BCUT2D eigenvalue weighted by atomic mass is 10.1. The van der Waals surface area contributed by atoms with Gasteiger partial charge in [0, 0.05) is 44.8 Å². The smallest absolute Gasteiger partial charge is 0.191 e. The first-order chi connectivity index (χ1) is 12.2. The van der Waals surface area contributed by atoms with E-state index in [0.29, 0.717) is 12.5 Å². The molecule has 0 saturated carbocycles. The van der Waals surface area contributed by atoms with E-state index < -0.39 is 0 Å². The van der Waals surface area contributed by atoms with Gasteiger partial charge < -0.3 is 24.8 Å². The highest BCUT2D eigenvalue weighted by molar-refractivity contribution is 14.0. The van der Waals surface area contributed by atoms with Gasteiger partial charge in [-0.1, -0.05) is 12.1 Å². The fraction of sp³-hybridized carbons (Fsp3) is 0.632. The molecular weight excluding hydrogens is 445 g/mol. The summed E-state index contributed by atoms with van der Waals surface area (Å²) in [6.45, 7) is 6.84. The third-order valence-corrected chi connectivity index (χ3v) is 4.25. The maximum Gasteiger partial charge on any atom is 0.191 e. The van der Waals surface area contributed by atoms with Gasteiger partial charge in [-0.25, -0.2) is 0 Å². The Labute approximate surface area is 174 Å². The predicted molar refractivity (Wildman–Crippen MR) is 116 cm³/mol. The zero-order valence-corrected chi connectivity index (χ0v) is 18.4. The Bertz CT molecular complexity index is 549. The van der Waals surface area contributed by atoms with E-state index in [1.54, 1.807) is 14.2 Å². The van der Waals surface area contributed by atoms with Crippen molar-refractivity contribution in [2.75, 3.05) is 47.1 Å². The first kappa shape index (κ1) is 23.0. The summed E-state index contributed by atoms with van der Waals surface area (Å²) in [5.41, 5.74) is 2.30. The molecule has 148 valence electrons. The maximum atomic E-state index is 5.71. The molecule has 1 saturated heterocycles. The van der Waals surface area contributed by atoms with Gasteiger partial charge in [-0.3, -0.25) is 4.99 Å².